The third-order valence-electron chi connectivity index (χ3n) is 4.90. The van der Waals surface area contributed by atoms with Gasteiger partial charge in [0.15, 0.2) is 11.4 Å². The van der Waals surface area contributed by atoms with E-state index >= 15 is 0 Å². The maximum atomic E-state index is 12.8. The van der Waals surface area contributed by atoms with Crippen molar-refractivity contribution in [2.24, 2.45) is 0 Å². The van der Waals surface area contributed by atoms with Gasteiger partial charge in [0, 0.05) is 25.8 Å². The second-order valence-corrected chi connectivity index (χ2v) is 7.68. The molecule has 2 aromatic rings. The van der Waals surface area contributed by atoms with Crippen molar-refractivity contribution >= 4 is 17.8 Å². The normalized spacial score (nSPS) is 13.3. The Balaban J connectivity index is 2.10. The van der Waals surface area contributed by atoms with Gasteiger partial charge in [0.05, 0.1) is 7.11 Å². The van der Waals surface area contributed by atoms with Crippen molar-refractivity contribution < 1.29 is 33.3 Å². The van der Waals surface area contributed by atoms with Gasteiger partial charge in [-0.25, -0.2) is 9.78 Å². The largest absolute Gasteiger partial charge is 0.493 e. The molecule has 0 spiro atoms. The molecule has 9 heteroatoms. The van der Waals surface area contributed by atoms with E-state index < -0.39 is 36.1 Å². The minimum atomic E-state index is -1.000. The number of hydrogen-bond acceptors (Lipinski definition) is 8. The van der Waals surface area contributed by atoms with Gasteiger partial charge in [-0.1, -0.05) is 43.7 Å². The van der Waals surface area contributed by atoms with E-state index in [0.29, 0.717) is 6.61 Å². The molecule has 1 aromatic heterocycles. The Kier molecular flexibility index (Phi) is 10.5. The number of ether oxygens (including phenoxy) is 4. The van der Waals surface area contributed by atoms with E-state index in [1.165, 1.54) is 33.2 Å². The number of carbonyl (C=O) groups is 3. The zero-order chi connectivity index (χ0) is 25.1. The standard InChI is InChI=1S/C25H32N2O7/c1-6-7-15-32-22(19-11-9-8-10-12-19)17(3)33-25(30)16(2)27-24(29)21-23(34-18(4)28)20(31-5)13-14-26-21/h8-14,16-17,22H,6-7,15H2,1-5H3,(H,27,29)/t16-,17-,22+/m0/s1. The van der Waals surface area contributed by atoms with Crippen molar-refractivity contribution in [2.75, 3.05) is 13.7 Å². The van der Waals surface area contributed by atoms with Gasteiger partial charge in [0.25, 0.3) is 5.91 Å². The summed E-state index contributed by atoms with van der Waals surface area (Å²) in [6.45, 7) is 7.04. The second-order valence-electron chi connectivity index (χ2n) is 7.68. The van der Waals surface area contributed by atoms with Crippen molar-refractivity contribution in [1.82, 2.24) is 10.3 Å². The van der Waals surface area contributed by atoms with Crippen LogP contribution in [0.15, 0.2) is 42.6 Å². The number of methoxy groups -OCH3 is 1. The minimum absolute atomic E-state index is 0.127. The quantitative estimate of drug-likeness (QED) is 0.368. The fraction of sp³-hybridized carbons (Fsp3) is 0.440. The summed E-state index contributed by atoms with van der Waals surface area (Å²) >= 11 is 0. The van der Waals surface area contributed by atoms with E-state index in [2.05, 4.69) is 17.2 Å². The molecule has 0 bridgehead atoms. The van der Waals surface area contributed by atoms with Crippen LogP contribution >= 0.6 is 0 Å². The molecule has 9 nitrogen and oxygen atoms in total. The monoisotopic (exact) mass is 472 g/mol. The van der Waals surface area contributed by atoms with E-state index in [1.54, 1.807) is 6.92 Å². The number of rotatable bonds is 12. The average Bonchev–Trinajstić information content (AvgIpc) is 2.81. The van der Waals surface area contributed by atoms with Crippen molar-refractivity contribution in [3.05, 3.63) is 53.9 Å². The van der Waals surface area contributed by atoms with Crippen LogP contribution in [0.2, 0.25) is 0 Å². The number of benzene rings is 1. The van der Waals surface area contributed by atoms with Crippen LogP contribution in [-0.2, 0) is 19.1 Å². The lowest BCUT2D eigenvalue weighted by Crippen LogP contribution is -2.42. The van der Waals surface area contributed by atoms with Crippen LogP contribution in [0.1, 0.15) is 62.7 Å². The number of hydrogen-bond donors (Lipinski definition) is 1. The Morgan fingerprint density at radius 2 is 1.79 bits per heavy atom. The fourth-order valence-corrected chi connectivity index (χ4v) is 3.17. The lowest BCUT2D eigenvalue weighted by Gasteiger charge is -2.26. The molecule has 0 unspecified atom stereocenters. The van der Waals surface area contributed by atoms with Gasteiger partial charge in [-0.15, -0.1) is 0 Å². The average molecular weight is 473 g/mol. The van der Waals surface area contributed by atoms with E-state index in [0.717, 1.165) is 18.4 Å². The minimum Gasteiger partial charge on any atom is -0.493 e. The van der Waals surface area contributed by atoms with E-state index in [4.69, 9.17) is 18.9 Å². The third kappa shape index (κ3) is 7.55. The molecule has 1 heterocycles. The molecular weight excluding hydrogens is 440 g/mol. The zero-order valence-corrected chi connectivity index (χ0v) is 20.2. The van der Waals surface area contributed by atoms with Crippen LogP contribution in [0.3, 0.4) is 0 Å². The topological polar surface area (TPSA) is 113 Å². The molecule has 2 rings (SSSR count). The number of unbranched alkanes of at least 4 members (excludes halogenated alkanes) is 1. The Hall–Kier alpha value is -3.46. The molecule has 0 aliphatic carbocycles. The van der Waals surface area contributed by atoms with Gasteiger partial charge in [0.1, 0.15) is 18.2 Å². The first-order valence-corrected chi connectivity index (χ1v) is 11.2. The highest BCUT2D eigenvalue weighted by Gasteiger charge is 2.28. The number of nitrogens with one attached hydrogen (secondary N) is 1. The van der Waals surface area contributed by atoms with Crippen molar-refractivity contribution in [2.45, 2.75) is 58.8 Å². The number of esters is 2. The molecule has 34 heavy (non-hydrogen) atoms. The lowest BCUT2D eigenvalue weighted by molar-refractivity contribution is -0.158. The Labute approximate surface area is 199 Å². The van der Waals surface area contributed by atoms with Crippen molar-refractivity contribution in [3.63, 3.8) is 0 Å². The molecule has 0 saturated carbocycles. The Bertz CT molecular complexity index is 965. The van der Waals surface area contributed by atoms with Crippen LogP contribution in [0.25, 0.3) is 0 Å². The lowest BCUT2D eigenvalue weighted by atomic mass is 10.1. The summed E-state index contributed by atoms with van der Waals surface area (Å²) in [5.41, 5.74) is 0.703. The number of nitrogens with zero attached hydrogens (tertiary/aromatic N) is 1. The van der Waals surface area contributed by atoms with E-state index in [-0.39, 0.29) is 17.2 Å². The highest BCUT2D eigenvalue weighted by atomic mass is 16.6. The molecule has 184 valence electrons. The first-order chi connectivity index (χ1) is 16.3. The summed E-state index contributed by atoms with van der Waals surface area (Å²) < 4.78 is 21.9. The molecule has 0 aliphatic rings. The third-order valence-corrected chi connectivity index (χ3v) is 4.90. The maximum Gasteiger partial charge on any atom is 0.328 e. The summed E-state index contributed by atoms with van der Waals surface area (Å²) in [5.74, 6) is -1.97. The molecule has 1 aromatic carbocycles. The molecule has 0 radical (unpaired) electrons. The number of aromatic nitrogens is 1. The predicted octanol–water partition coefficient (Wildman–Crippen LogP) is 3.62. The second kappa shape index (κ2) is 13.3. The zero-order valence-electron chi connectivity index (χ0n) is 20.2. The summed E-state index contributed by atoms with van der Waals surface area (Å²) in [7, 11) is 1.37. The molecular formula is C25H32N2O7. The van der Waals surface area contributed by atoms with Gasteiger partial charge < -0.3 is 24.3 Å². The molecule has 0 saturated heterocycles. The first-order valence-electron chi connectivity index (χ1n) is 11.2. The summed E-state index contributed by atoms with van der Waals surface area (Å²) in [4.78, 5) is 41.0. The van der Waals surface area contributed by atoms with Gasteiger partial charge in [-0.05, 0) is 25.8 Å². The summed E-state index contributed by atoms with van der Waals surface area (Å²) in [6.07, 6.45) is 2.15. The first kappa shape index (κ1) is 26.8. The van der Waals surface area contributed by atoms with E-state index in [1.807, 2.05) is 30.3 Å². The smallest absolute Gasteiger partial charge is 0.328 e. The van der Waals surface area contributed by atoms with Crippen LogP contribution in [-0.4, -0.2) is 48.7 Å². The van der Waals surface area contributed by atoms with Crippen molar-refractivity contribution in [3.8, 4) is 11.5 Å². The summed E-state index contributed by atoms with van der Waals surface area (Å²) in [6, 6.07) is 9.97. The fourth-order valence-electron chi connectivity index (χ4n) is 3.17. The molecule has 1 N–H and O–H groups in total. The van der Waals surface area contributed by atoms with Gasteiger partial charge in [0.2, 0.25) is 5.75 Å². The maximum absolute atomic E-state index is 12.8. The Morgan fingerprint density at radius 1 is 1.09 bits per heavy atom. The van der Waals surface area contributed by atoms with Crippen molar-refractivity contribution in [1.29, 1.82) is 0 Å². The molecule has 1 amide bonds. The number of carbonyl (C=O) groups excluding carboxylic acids is 3. The SMILES string of the molecule is CCCCO[C@@H](c1ccccc1)[C@H](C)OC(=O)[C@H](C)NC(=O)c1nccc(OC)c1OC(C)=O. The highest BCUT2D eigenvalue weighted by molar-refractivity contribution is 5.98. The number of pyridine rings is 1. The van der Waals surface area contributed by atoms with Gasteiger partial charge in [-0.3, -0.25) is 9.59 Å². The van der Waals surface area contributed by atoms with Crippen LogP contribution < -0.4 is 14.8 Å². The molecule has 0 fully saturated rings. The number of amides is 1. The predicted molar refractivity (Wildman–Crippen MR) is 125 cm³/mol. The highest BCUT2D eigenvalue weighted by Crippen LogP contribution is 2.30. The van der Waals surface area contributed by atoms with Crippen LogP contribution in [0, 0.1) is 0 Å². The van der Waals surface area contributed by atoms with Gasteiger partial charge in [-0.2, -0.15) is 0 Å². The molecule has 0 aliphatic heterocycles. The summed E-state index contributed by atoms with van der Waals surface area (Å²) in [5, 5.41) is 2.53. The van der Waals surface area contributed by atoms with Gasteiger partial charge >= 0.3 is 11.9 Å². The van der Waals surface area contributed by atoms with Crippen LogP contribution in [0.5, 0.6) is 11.5 Å². The molecule has 3 atom stereocenters. The van der Waals surface area contributed by atoms with E-state index in [9.17, 15) is 14.4 Å². The Morgan fingerprint density at radius 3 is 2.41 bits per heavy atom. The van der Waals surface area contributed by atoms with Crippen LogP contribution in [0.4, 0.5) is 0 Å².